The first-order valence-electron chi connectivity index (χ1n) is 12.4. The van der Waals surface area contributed by atoms with Gasteiger partial charge in [0.1, 0.15) is 24.6 Å². The number of carbonyl (C=O) groups is 2. The number of aliphatic hydroxyl groups excluding tert-OH is 1. The van der Waals surface area contributed by atoms with E-state index in [-0.39, 0.29) is 17.8 Å². The van der Waals surface area contributed by atoms with Gasteiger partial charge in [0.2, 0.25) is 0 Å². The predicted octanol–water partition coefficient (Wildman–Crippen LogP) is 0.771. The molecule has 9 unspecified atom stereocenters. The van der Waals surface area contributed by atoms with E-state index in [0.717, 1.165) is 32.1 Å². The van der Waals surface area contributed by atoms with Crippen LogP contribution < -0.4 is 0 Å². The zero-order valence-electron chi connectivity index (χ0n) is 18.9. The molecule has 4 aliphatic carbocycles. The molecule has 11 heteroatoms. The van der Waals surface area contributed by atoms with Gasteiger partial charge in [-0.05, 0) is 62.2 Å². The standard InChI is InChI=1S/C23H32O10S/c24-20(31-1-2-34(27,28)29)16-14-5-15-17(16)21(25)32-18(15)19(14)33-22(26)23-6-11-3-12(7-23)9-30-10-13(4-11)8-23/h11-19,21,25H,1-10H2,(H,27,28,29). The maximum Gasteiger partial charge on any atom is 0.312 e. The van der Waals surface area contributed by atoms with Crippen molar-refractivity contribution in [3.8, 4) is 0 Å². The average Bonchev–Trinajstić information content (AvgIpc) is 3.34. The highest BCUT2D eigenvalue weighted by molar-refractivity contribution is 7.85. The highest BCUT2D eigenvalue weighted by Crippen LogP contribution is 2.61. The van der Waals surface area contributed by atoms with Crippen molar-refractivity contribution >= 4 is 22.1 Å². The summed E-state index contributed by atoms with van der Waals surface area (Å²) in [6, 6.07) is 0. The monoisotopic (exact) mass is 500 g/mol. The summed E-state index contributed by atoms with van der Waals surface area (Å²) in [5, 5.41) is 10.5. The van der Waals surface area contributed by atoms with Crippen molar-refractivity contribution in [2.75, 3.05) is 25.6 Å². The molecule has 3 heterocycles. The molecule has 4 saturated carbocycles. The number of hydrogen-bond donors (Lipinski definition) is 2. The molecule has 7 rings (SSSR count). The van der Waals surface area contributed by atoms with Gasteiger partial charge in [-0.2, -0.15) is 8.42 Å². The minimum absolute atomic E-state index is 0.118. The van der Waals surface area contributed by atoms with Gasteiger partial charge in [0.25, 0.3) is 10.1 Å². The van der Waals surface area contributed by atoms with Crippen LogP contribution in [0.15, 0.2) is 0 Å². The molecule has 0 spiro atoms. The third kappa shape index (κ3) is 3.78. The summed E-state index contributed by atoms with van der Waals surface area (Å²) in [5.74, 6) is -2.01. The van der Waals surface area contributed by atoms with Crippen molar-refractivity contribution in [3.05, 3.63) is 0 Å². The van der Waals surface area contributed by atoms with Gasteiger partial charge in [0.15, 0.2) is 6.29 Å². The van der Waals surface area contributed by atoms with E-state index in [1.165, 1.54) is 0 Å². The Kier molecular flexibility index (Phi) is 5.53. The van der Waals surface area contributed by atoms with Gasteiger partial charge in [0, 0.05) is 25.0 Å². The Hall–Kier alpha value is -1.27. The normalized spacial score (nSPS) is 48.5. The minimum Gasteiger partial charge on any atom is -0.464 e. The summed E-state index contributed by atoms with van der Waals surface area (Å²) in [6.45, 7) is 0.902. The van der Waals surface area contributed by atoms with E-state index < -0.39 is 64.2 Å². The lowest BCUT2D eigenvalue weighted by Crippen LogP contribution is -2.52. The average molecular weight is 501 g/mol. The Morgan fingerprint density at radius 1 is 1.00 bits per heavy atom. The Morgan fingerprint density at radius 2 is 1.68 bits per heavy atom. The molecular weight excluding hydrogens is 468 g/mol. The van der Waals surface area contributed by atoms with Crippen LogP contribution in [-0.2, 0) is 38.7 Å². The SMILES string of the molecule is O=C(OCCS(=O)(=O)O)C1C2CC3C(OC(O)C31)C2OC(=O)C12CC3COCC(CC(C3)C1)C2. The summed E-state index contributed by atoms with van der Waals surface area (Å²) >= 11 is 0. The topological polar surface area (TPSA) is 146 Å². The van der Waals surface area contributed by atoms with Crippen LogP contribution in [0, 0.1) is 46.8 Å². The predicted molar refractivity (Wildman–Crippen MR) is 114 cm³/mol. The second kappa shape index (κ2) is 8.12. The summed E-state index contributed by atoms with van der Waals surface area (Å²) in [6.07, 6.45) is 2.87. The third-order valence-electron chi connectivity index (χ3n) is 9.32. The van der Waals surface area contributed by atoms with E-state index in [1.807, 2.05) is 0 Å². The van der Waals surface area contributed by atoms with Gasteiger partial charge >= 0.3 is 11.9 Å². The number of hydrogen-bond acceptors (Lipinski definition) is 9. The van der Waals surface area contributed by atoms with Gasteiger partial charge < -0.3 is 24.1 Å². The van der Waals surface area contributed by atoms with Crippen molar-refractivity contribution in [1.29, 1.82) is 0 Å². The van der Waals surface area contributed by atoms with Crippen LogP contribution in [0.2, 0.25) is 0 Å². The van der Waals surface area contributed by atoms with Crippen molar-refractivity contribution in [1.82, 2.24) is 0 Å². The Bertz CT molecular complexity index is 949. The van der Waals surface area contributed by atoms with E-state index in [9.17, 15) is 23.1 Å². The minimum atomic E-state index is -4.26. The van der Waals surface area contributed by atoms with E-state index in [2.05, 4.69) is 0 Å². The quantitative estimate of drug-likeness (QED) is 0.396. The maximum absolute atomic E-state index is 13.7. The molecule has 0 aromatic rings. The second-order valence-corrected chi connectivity index (χ2v) is 13.1. The molecule has 0 amide bonds. The molecule has 3 saturated heterocycles. The molecule has 9 atom stereocenters. The van der Waals surface area contributed by atoms with Crippen molar-refractivity contribution in [2.45, 2.75) is 57.0 Å². The molecule has 2 N–H and O–H groups in total. The highest BCUT2D eigenvalue weighted by atomic mass is 32.2. The molecule has 0 radical (unpaired) electrons. The van der Waals surface area contributed by atoms with Gasteiger partial charge in [-0.1, -0.05) is 0 Å². The van der Waals surface area contributed by atoms with Crippen LogP contribution >= 0.6 is 0 Å². The summed E-state index contributed by atoms with van der Waals surface area (Å²) in [7, 11) is -4.26. The number of aliphatic hydroxyl groups is 1. The zero-order valence-corrected chi connectivity index (χ0v) is 19.7. The molecule has 3 aliphatic heterocycles. The molecule has 0 aromatic heterocycles. The fourth-order valence-corrected chi connectivity index (χ4v) is 8.73. The molecule has 7 aliphatic rings. The fraction of sp³-hybridized carbons (Fsp3) is 0.913. The number of carbonyl (C=O) groups excluding carboxylic acids is 2. The van der Waals surface area contributed by atoms with Gasteiger partial charge in [-0.3, -0.25) is 14.1 Å². The van der Waals surface area contributed by atoms with Crippen LogP contribution in [0.1, 0.15) is 38.5 Å². The van der Waals surface area contributed by atoms with E-state index in [1.54, 1.807) is 0 Å². The molecular formula is C23H32O10S. The molecule has 190 valence electrons. The Balaban J connectivity index is 1.19. The number of ether oxygens (including phenoxy) is 4. The molecule has 34 heavy (non-hydrogen) atoms. The lowest BCUT2D eigenvalue weighted by atomic mass is 9.56. The number of esters is 2. The van der Waals surface area contributed by atoms with Crippen molar-refractivity contribution in [3.63, 3.8) is 0 Å². The van der Waals surface area contributed by atoms with Crippen molar-refractivity contribution in [2.24, 2.45) is 46.8 Å². The second-order valence-electron chi connectivity index (χ2n) is 11.5. The van der Waals surface area contributed by atoms with Gasteiger partial charge in [-0.25, -0.2) is 0 Å². The first kappa shape index (κ1) is 23.1. The highest BCUT2D eigenvalue weighted by Gasteiger charge is 2.69. The maximum atomic E-state index is 13.7. The Labute approximate surface area is 198 Å². The summed E-state index contributed by atoms with van der Waals surface area (Å²) in [4.78, 5) is 26.6. The third-order valence-corrected chi connectivity index (χ3v) is 10.0. The lowest BCUT2D eigenvalue weighted by molar-refractivity contribution is -0.189. The van der Waals surface area contributed by atoms with Crippen LogP contribution in [0.4, 0.5) is 0 Å². The van der Waals surface area contributed by atoms with E-state index >= 15 is 0 Å². The first-order chi connectivity index (χ1) is 16.1. The molecule has 0 aromatic carbocycles. The van der Waals surface area contributed by atoms with Crippen LogP contribution in [0.5, 0.6) is 0 Å². The van der Waals surface area contributed by atoms with Crippen LogP contribution in [-0.4, -0.2) is 74.1 Å². The number of rotatable bonds is 6. The van der Waals surface area contributed by atoms with Crippen molar-refractivity contribution < 1.29 is 46.6 Å². The smallest absolute Gasteiger partial charge is 0.312 e. The largest absolute Gasteiger partial charge is 0.464 e. The van der Waals surface area contributed by atoms with Gasteiger partial charge in [-0.15, -0.1) is 0 Å². The Morgan fingerprint density at radius 3 is 2.35 bits per heavy atom. The molecule has 7 fully saturated rings. The van der Waals surface area contributed by atoms with Crippen LogP contribution in [0.3, 0.4) is 0 Å². The molecule has 10 nitrogen and oxygen atoms in total. The van der Waals surface area contributed by atoms with Crippen LogP contribution in [0.25, 0.3) is 0 Å². The summed E-state index contributed by atoms with van der Waals surface area (Å²) < 4.78 is 53.8. The zero-order chi connectivity index (χ0) is 23.8. The summed E-state index contributed by atoms with van der Waals surface area (Å²) in [5.41, 5.74) is -0.524. The fourth-order valence-electron chi connectivity index (χ4n) is 8.43. The van der Waals surface area contributed by atoms with Gasteiger partial charge in [0.05, 0.1) is 11.3 Å². The molecule has 6 bridgehead atoms. The number of fused-ring (bicyclic) bond motifs is 3. The lowest BCUT2D eigenvalue weighted by Gasteiger charge is -2.51. The van der Waals surface area contributed by atoms with E-state index in [4.69, 9.17) is 23.5 Å². The first-order valence-corrected chi connectivity index (χ1v) is 14.0. The van der Waals surface area contributed by atoms with E-state index in [0.29, 0.717) is 37.4 Å².